The lowest BCUT2D eigenvalue weighted by Crippen LogP contribution is -2.24. The number of nitrogens with one attached hydrogen (secondary N) is 1. The van der Waals surface area contributed by atoms with Crippen molar-refractivity contribution in [2.45, 2.75) is 19.8 Å². The van der Waals surface area contributed by atoms with Crippen molar-refractivity contribution in [1.82, 2.24) is 5.32 Å². The minimum absolute atomic E-state index is 0.121. The van der Waals surface area contributed by atoms with Crippen LogP contribution < -0.4 is 10.1 Å². The molecular formula is C17H17ClN2O4. The van der Waals surface area contributed by atoms with E-state index in [0.29, 0.717) is 17.3 Å². The van der Waals surface area contributed by atoms with Gasteiger partial charge in [-0.25, -0.2) is 0 Å². The third-order valence-corrected chi connectivity index (χ3v) is 3.53. The van der Waals surface area contributed by atoms with E-state index in [1.807, 2.05) is 6.92 Å². The maximum Gasteiger partial charge on any atom is 0.270 e. The van der Waals surface area contributed by atoms with Crippen LogP contribution >= 0.6 is 11.6 Å². The smallest absolute Gasteiger partial charge is 0.270 e. The lowest BCUT2D eigenvalue weighted by atomic mass is 10.1. The molecule has 2 rings (SSSR count). The molecule has 0 saturated carbocycles. The molecule has 2 aromatic rings. The maximum atomic E-state index is 12.3. The second kappa shape index (κ2) is 8.31. The Labute approximate surface area is 144 Å². The van der Waals surface area contributed by atoms with E-state index in [1.165, 1.54) is 18.2 Å². The maximum absolute atomic E-state index is 12.3. The summed E-state index contributed by atoms with van der Waals surface area (Å²) in [6.45, 7) is 2.51. The van der Waals surface area contributed by atoms with Crippen LogP contribution in [0.1, 0.15) is 30.1 Å². The number of nitrogens with zero attached hydrogens (tertiary/aromatic N) is 1. The Morgan fingerprint density at radius 2 is 1.96 bits per heavy atom. The molecule has 0 saturated heterocycles. The lowest BCUT2D eigenvalue weighted by molar-refractivity contribution is -0.384. The monoisotopic (exact) mass is 348 g/mol. The van der Waals surface area contributed by atoms with Gasteiger partial charge in [-0.05, 0) is 36.8 Å². The first-order valence-electron chi connectivity index (χ1n) is 7.51. The topological polar surface area (TPSA) is 81.5 Å². The average molecular weight is 349 g/mol. The van der Waals surface area contributed by atoms with Gasteiger partial charge in [-0.2, -0.15) is 0 Å². The van der Waals surface area contributed by atoms with E-state index >= 15 is 0 Å². The first kappa shape index (κ1) is 17.7. The van der Waals surface area contributed by atoms with Gasteiger partial charge in [0, 0.05) is 23.7 Å². The zero-order valence-corrected chi connectivity index (χ0v) is 13.9. The largest absolute Gasteiger partial charge is 0.457 e. The minimum atomic E-state index is -0.547. The number of nitro benzene ring substituents is 1. The zero-order valence-electron chi connectivity index (χ0n) is 13.1. The van der Waals surface area contributed by atoms with Crippen molar-refractivity contribution < 1.29 is 14.5 Å². The van der Waals surface area contributed by atoms with Gasteiger partial charge in [-0.1, -0.05) is 24.9 Å². The van der Waals surface area contributed by atoms with Crippen LogP contribution in [-0.4, -0.2) is 17.4 Å². The Bertz CT molecular complexity index is 732. The SMILES string of the molecule is CCCCNC(=O)c1cc([N+](=O)[O-])ccc1Oc1ccc(Cl)cc1. The summed E-state index contributed by atoms with van der Waals surface area (Å²) in [6.07, 6.45) is 1.76. The molecule has 0 atom stereocenters. The standard InChI is InChI=1S/C17H17ClN2O4/c1-2-3-10-19-17(21)15-11-13(20(22)23)6-9-16(15)24-14-7-4-12(18)5-8-14/h4-9,11H,2-3,10H2,1H3,(H,19,21). The molecule has 0 unspecified atom stereocenters. The summed E-state index contributed by atoms with van der Waals surface area (Å²) in [6, 6.07) is 10.6. The van der Waals surface area contributed by atoms with Gasteiger partial charge < -0.3 is 10.1 Å². The van der Waals surface area contributed by atoms with E-state index in [1.54, 1.807) is 24.3 Å². The number of hydrogen-bond donors (Lipinski definition) is 1. The molecule has 2 aromatic carbocycles. The number of amides is 1. The van der Waals surface area contributed by atoms with Crippen molar-refractivity contribution in [2.75, 3.05) is 6.54 Å². The number of unbranched alkanes of at least 4 members (excludes halogenated alkanes) is 1. The number of benzene rings is 2. The molecule has 1 amide bonds. The third-order valence-electron chi connectivity index (χ3n) is 3.28. The number of rotatable bonds is 7. The number of nitro groups is 1. The first-order valence-corrected chi connectivity index (χ1v) is 7.89. The van der Waals surface area contributed by atoms with Crippen LogP contribution in [0.4, 0.5) is 5.69 Å². The van der Waals surface area contributed by atoms with Crippen molar-refractivity contribution in [3.8, 4) is 11.5 Å². The second-order valence-electron chi connectivity index (χ2n) is 5.10. The summed E-state index contributed by atoms with van der Waals surface area (Å²) in [5.41, 5.74) is -0.0469. The summed E-state index contributed by atoms with van der Waals surface area (Å²) in [5.74, 6) is 0.323. The van der Waals surface area contributed by atoms with Gasteiger partial charge in [0.1, 0.15) is 11.5 Å². The van der Waals surface area contributed by atoms with Gasteiger partial charge in [0.05, 0.1) is 10.5 Å². The number of non-ortho nitro benzene ring substituents is 1. The summed E-state index contributed by atoms with van der Waals surface area (Å²) in [4.78, 5) is 22.7. The van der Waals surface area contributed by atoms with E-state index in [0.717, 1.165) is 12.8 Å². The molecule has 0 aromatic heterocycles. The lowest BCUT2D eigenvalue weighted by Gasteiger charge is -2.11. The summed E-state index contributed by atoms with van der Waals surface area (Å²) in [5, 5.41) is 14.3. The predicted octanol–water partition coefficient (Wildman–Crippen LogP) is 4.57. The van der Waals surface area contributed by atoms with Gasteiger partial charge in [-0.3, -0.25) is 14.9 Å². The number of ether oxygens (including phenoxy) is 1. The molecule has 0 fully saturated rings. The van der Waals surface area contributed by atoms with Gasteiger partial charge >= 0.3 is 0 Å². The Morgan fingerprint density at radius 1 is 1.25 bits per heavy atom. The van der Waals surface area contributed by atoms with Crippen molar-refractivity contribution >= 4 is 23.2 Å². The van der Waals surface area contributed by atoms with Gasteiger partial charge in [0.15, 0.2) is 0 Å². The van der Waals surface area contributed by atoms with E-state index in [2.05, 4.69) is 5.32 Å². The van der Waals surface area contributed by atoms with E-state index in [4.69, 9.17) is 16.3 Å². The average Bonchev–Trinajstić information content (AvgIpc) is 2.57. The molecule has 0 aliphatic carbocycles. The molecular weight excluding hydrogens is 332 g/mol. The van der Waals surface area contributed by atoms with Crippen molar-refractivity contribution in [1.29, 1.82) is 0 Å². The number of carbonyl (C=O) groups excluding carboxylic acids is 1. The summed E-state index contributed by atoms with van der Waals surface area (Å²) >= 11 is 5.83. The van der Waals surface area contributed by atoms with Crippen molar-refractivity contribution in [2.24, 2.45) is 0 Å². The van der Waals surface area contributed by atoms with Crippen molar-refractivity contribution in [3.05, 3.63) is 63.2 Å². The fraction of sp³-hybridized carbons (Fsp3) is 0.235. The molecule has 0 spiro atoms. The van der Waals surface area contributed by atoms with E-state index in [9.17, 15) is 14.9 Å². The molecule has 0 aliphatic rings. The molecule has 0 bridgehead atoms. The Morgan fingerprint density at radius 3 is 2.58 bits per heavy atom. The molecule has 0 aliphatic heterocycles. The molecule has 7 heteroatoms. The van der Waals surface area contributed by atoms with Gasteiger partial charge in [0.2, 0.25) is 0 Å². The molecule has 0 radical (unpaired) electrons. The number of hydrogen-bond acceptors (Lipinski definition) is 4. The molecule has 6 nitrogen and oxygen atoms in total. The van der Waals surface area contributed by atoms with Crippen LogP contribution in [-0.2, 0) is 0 Å². The quantitative estimate of drug-likeness (QED) is 0.451. The highest BCUT2D eigenvalue weighted by molar-refractivity contribution is 6.30. The minimum Gasteiger partial charge on any atom is -0.457 e. The highest BCUT2D eigenvalue weighted by atomic mass is 35.5. The van der Waals surface area contributed by atoms with Gasteiger partial charge in [0.25, 0.3) is 11.6 Å². The Hall–Kier alpha value is -2.60. The summed E-state index contributed by atoms with van der Waals surface area (Å²) in [7, 11) is 0. The number of halogens is 1. The normalized spacial score (nSPS) is 10.2. The van der Waals surface area contributed by atoms with Crippen LogP contribution in [0.5, 0.6) is 11.5 Å². The predicted molar refractivity (Wildman–Crippen MR) is 91.9 cm³/mol. The van der Waals surface area contributed by atoms with Crippen LogP contribution in [0, 0.1) is 10.1 Å². The fourth-order valence-corrected chi connectivity index (χ4v) is 2.13. The van der Waals surface area contributed by atoms with Crippen LogP contribution in [0.3, 0.4) is 0 Å². The fourth-order valence-electron chi connectivity index (χ4n) is 2.00. The van der Waals surface area contributed by atoms with E-state index in [-0.39, 0.29) is 17.0 Å². The second-order valence-corrected chi connectivity index (χ2v) is 5.54. The Balaban J connectivity index is 2.29. The third kappa shape index (κ3) is 4.70. The highest BCUT2D eigenvalue weighted by Crippen LogP contribution is 2.29. The Kier molecular flexibility index (Phi) is 6.14. The van der Waals surface area contributed by atoms with Gasteiger partial charge in [-0.15, -0.1) is 0 Å². The first-order chi connectivity index (χ1) is 11.5. The van der Waals surface area contributed by atoms with Crippen LogP contribution in [0.15, 0.2) is 42.5 Å². The molecule has 24 heavy (non-hydrogen) atoms. The van der Waals surface area contributed by atoms with Crippen LogP contribution in [0.2, 0.25) is 5.02 Å². The summed E-state index contributed by atoms with van der Waals surface area (Å²) < 4.78 is 5.68. The number of carbonyl (C=O) groups is 1. The molecule has 0 heterocycles. The van der Waals surface area contributed by atoms with E-state index < -0.39 is 10.8 Å². The van der Waals surface area contributed by atoms with Crippen LogP contribution in [0.25, 0.3) is 0 Å². The molecule has 126 valence electrons. The highest BCUT2D eigenvalue weighted by Gasteiger charge is 2.18. The van der Waals surface area contributed by atoms with Crippen molar-refractivity contribution in [3.63, 3.8) is 0 Å². The zero-order chi connectivity index (χ0) is 17.5. The molecule has 1 N–H and O–H groups in total.